The van der Waals surface area contributed by atoms with Crippen molar-refractivity contribution < 1.29 is 9.53 Å². The van der Waals surface area contributed by atoms with E-state index in [1.807, 2.05) is 67.0 Å². The van der Waals surface area contributed by atoms with Crippen molar-refractivity contribution in [3.8, 4) is 0 Å². The van der Waals surface area contributed by atoms with Crippen molar-refractivity contribution >= 4 is 28.5 Å². The summed E-state index contributed by atoms with van der Waals surface area (Å²) < 4.78 is 7.40. The van der Waals surface area contributed by atoms with E-state index in [2.05, 4.69) is 39.2 Å². The number of carbonyl (C=O) groups is 1. The number of nitrogens with zero attached hydrogens (tertiary/aromatic N) is 2. The third-order valence-electron chi connectivity index (χ3n) is 4.98. The number of rotatable bonds is 7. The quantitative estimate of drug-likeness (QED) is 0.426. The van der Waals surface area contributed by atoms with Gasteiger partial charge in [-0.05, 0) is 48.4 Å². The summed E-state index contributed by atoms with van der Waals surface area (Å²) in [5.41, 5.74) is 6.24. The van der Waals surface area contributed by atoms with Gasteiger partial charge in [0, 0.05) is 24.5 Å². The lowest BCUT2D eigenvalue weighted by atomic mass is 10.1. The van der Waals surface area contributed by atoms with Crippen LogP contribution in [0.2, 0.25) is 0 Å². The molecule has 3 aromatic carbocycles. The number of hydrogen-bond acceptors (Lipinski definition) is 4. The third-order valence-corrected chi connectivity index (χ3v) is 4.98. The standard InChI is InChI=1S/C24H24N4O2/c1-18-19(16-28-17-26-22-11-5-6-13-23(22)28)8-7-12-21(18)25-14-15-30-24(29)27-20-9-3-2-4-10-20/h2-13,17,25H,14-16H2,1H3,(H,27,29). The Bertz CT molecular complexity index is 1140. The van der Waals surface area contributed by atoms with Crippen LogP contribution in [-0.2, 0) is 11.3 Å². The molecule has 0 aliphatic carbocycles. The second kappa shape index (κ2) is 9.13. The molecular weight excluding hydrogens is 376 g/mol. The van der Waals surface area contributed by atoms with Gasteiger partial charge in [0.2, 0.25) is 0 Å². The van der Waals surface area contributed by atoms with Crippen molar-refractivity contribution in [2.75, 3.05) is 23.8 Å². The van der Waals surface area contributed by atoms with Gasteiger partial charge in [0.15, 0.2) is 0 Å². The van der Waals surface area contributed by atoms with Crippen LogP contribution in [0.4, 0.5) is 16.2 Å². The fourth-order valence-electron chi connectivity index (χ4n) is 3.37. The number of imidazole rings is 1. The average Bonchev–Trinajstić information content (AvgIpc) is 3.17. The zero-order valence-corrected chi connectivity index (χ0v) is 16.8. The van der Waals surface area contributed by atoms with Crippen LogP contribution in [0.3, 0.4) is 0 Å². The van der Waals surface area contributed by atoms with Crippen LogP contribution < -0.4 is 10.6 Å². The van der Waals surface area contributed by atoms with E-state index in [4.69, 9.17) is 4.74 Å². The van der Waals surface area contributed by atoms with Gasteiger partial charge in [0.25, 0.3) is 0 Å². The lowest BCUT2D eigenvalue weighted by Crippen LogP contribution is -2.18. The summed E-state index contributed by atoms with van der Waals surface area (Å²) in [6.07, 6.45) is 1.42. The van der Waals surface area contributed by atoms with Crippen LogP contribution >= 0.6 is 0 Å². The Labute approximate surface area is 175 Å². The molecule has 6 nitrogen and oxygen atoms in total. The molecule has 0 bridgehead atoms. The van der Waals surface area contributed by atoms with Crippen LogP contribution in [0.1, 0.15) is 11.1 Å². The molecule has 0 saturated heterocycles. The van der Waals surface area contributed by atoms with Gasteiger partial charge in [0.1, 0.15) is 6.61 Å². The molecule has 0 saturated carbocycles. The highest BCUT2D eigenvalue weighted by atomic mass is 16.5. The molecule has 4 aromatic rings. The van der Waals surface area contributed by atoms with Gasteiger partial charge in [-0.25, -0.2) is 9.78 Å². The van der Waals surface area contributed by atoms with Gasteiger partial charge < -0.3 is 14.6 Å². The zero-order chi connectivity index (χ0) is 20.8. The lowest BCUT2D eigenvalue weighted by Gasteiger charge is -2.14. The summed E-state index contributed by atoms with van der Waals surface area (Å²) >= 11 is 0. The Morgan fingerprint density at radius 3 is 2.67 bits per heavy atom. The van der Waals surface area contributed by atoms with Gasteiger partial charge in [-0.1, -0.05) is 42.5 Å². The van der Waals surface area contributed by atoms with Gasteiger partial charge in [-0.2, -0.15) is 0 Å². The molecular formula is C24H24N4O2. The molecule has 2 N–H and O–H groups in total. The highest BCUT2D eigenvalue weighted by Crippen LogP contribution is 2.21. The van der Waals surface area contributed by atoms with Gasteiger partial charge in [-0.15, -0.1) is 0 Å². The van der Waals surface area contributed by atoms with Gasteiger partial charge in [-0.3, -0.25) is 5.32 Å². The lowest BCUT2D eigenvalue weighted by molar-refractivity contribution is 0.166. The van der Waals surface area contributed by atoms with Crippen molar-refractivity contribution in [3.05, 3.63) is 90.3 Å². The van der Waals surface area contributed by atoms with E-state index in [1.54, 1.807) is 0 Å². The Morgan fingerprint density at radius 2 is 1.80 bits per heavy atom. The summed E-state index contributed by atoms with van der Waals surface area (Å²) in [5, 5.41) is 6.06. The highest BCUT2D eigenvalue weighted by Gasteiger charge is 2.08. The predicted octanol–water partition coefficient (Wildman–Crippen LogP) is 5.05. The van der Waals surface area contributed by atoms with Crippen molar-refractivity contribution in [1.29, 1.82) is 0 Å². The number of fused-ring (bicyclic) bond motifs is 1. The largest absolute Gasteiger partial charge is 0.447 e. The molecule has 1 amide bonds. The maximum absolute atomic E-state index is 11.9. The summed E-state index contributed by atoms with van der Waals surface area (Å²) in [6.45, 7) is 3.65. The fourth-order valence-corrected chi connectivity index (χ4v) is 3.37. The number of nitrogens with one attached hydrogen (secondary N) is 2. The number of ether oxygens (including phenoxy) is 1. The van der Waals surface area contributed by atoms with E-state index >= 15 is 0 Å². The molecule has 1 heterocycles. The molecule has 6 heteroatoms. The summed E-state index contributed by atoms with van der Waals surface area (Å²) in [5.74, 6) is 0. The van der Waals surface area contributed by atoms with E-state index in [0.717, 1.165) is 23.3 Å². The Hall–Kier alpha value is -3.80. The molecule has 0 fully saturated rings. The maximum atomic E-state index is 11.9. The summed E-state index contributed by atoms with van der Waals surface area (Å²) in [4.78, 5) is 16.3. The molecule has 4 rings (SSSR count). The van der Waals surface area contributed by atoms with Crippen LogP contribution in [0.15, 0.2) is 79.1 Å². The number of hydrogen-bond donors (Lipinski definition) is 2. The van der Waals surface area contributed by atoms with Gasteiger partial charge >= 0.3 is 6.09 Å². The molecule has 0 unspecified atom stereocenters. The van der Waals surface area contributed by atoms with E-state index in [1.165, 1.54) is 11.1 Å². The van der Waals surface area contributed by atoms with Gasteiger partial charge in [0.05, 0.1) is 17.4 Å². The number of amides is 1. The van der Waals surface area contributed by atoms with Crippen molar-refractivity contribution in [2.24, 2.45) is 0 Å². The van der Waals surface area contributed by atoms with E-state index < -0.39 is 6.09 Å². The first-order valence-corrected chi connectivity index (χ1v) is 9.92. The SMILES string of the molecule is Cc1c(Cn2cnc3ccccc32)cccc1NCCOC(=O)Nc1ccccc1. The number of aromatic nitrogens is 2. The number of benzene rings is 3. The Kier molecular flexibility index (Phi) is 5.94. The molecule has 152 valence electrons. The van der Waals surface area contributed by atoms with E-state index in [9.17, 15) is 4.79 Å². The van der Waals surface area contributed by atoms with Crippen LogP contribution in [-0.4, -0.2) is 28.8 Å². The first-order valence-electron chi connectivity index (χ1n) is 9.92. The monoisotopic (exact) mass is 400 g/mol. The Balaban J connectivity index is 1.32. The highest BCUT2D eigenvalue weighted by molar-refractivity contribution is 5.84. The minimum absolute atomic E-state index is 0.272. The number of carbonyl (C=O) groups excluding carboxylic acids is 1. The molecule has 0 atom stereocenters. The third kappa shape index (κ3) is 4.60. The van der Waals surface area contributed by atoms with E-state index in [-0.39, 0.29) is 6.61 Å². The van der Waals surface area contributed by atoms with Crippen molar-refractivity contribution in [3.63, 3.8) is 0 Å². The van der Waals surface area contributed by atoms with E-state index in [0.29, 0.717) is 12.2 Å². The summed E-state index contributed by atoms with van der Waals surface area (Å²) in [7, 11) is 0. The molecule has 0 aliphatic heterocycles. The minimum atomic E-state index is -0.458. The smallest absolute Gasteiger partial charge is 0.411 e. The predicted molar refractivity (Wildman–Crippen MR) is 120 cm³/mol. The number of anilines is 2. The zero-order valence-electron chi connectivity index (χ0n) is 16.8. The second-order valence-corrected chi connectivity index (χ2v) is 7.00. The van der Waals surface area contributed by atoms with Crippen LogP contribution in [0.5, 0.6) is 0 Å². The normalized spacial score (nSPS) is 10.7. The first-order chi connectivity index (χ1) is 14.7. The number of para-hydroxylation sites is 3. The molecule has 30 heavy (non-hydrogen) atoms. The van der Waals surface area contributed by atoms with Crippen LogP contribution in [0, 0.1) is 6.92 Å². The second-order valence-electron chi connectivity index (χ2n) is 7.00. The fraction of sp³-hybridized carbons (Fsp3) is 0.167. The molecule has 0 radical (unpaired) electrons. The Morgan fingerprint density at radius 1 is 1.00 bits per heavy atom. The maximum Gasteiger partial charge on any atom is 0.411 e. The minimum Gasteiger partial charge on any atom is -0.447 e. The molecule has 0 aliphatic rings. The first kappa shape index (κ1) is 19.5. The molecule has 0 spiro atoms. The summed E-state index contributed by atoms with van der Waals surface area (Å²) in [6, 6.07) is 23.6. The van der Waals surface area contributed by atoms with Crippen molar-refractivity contribution in [2.45, 2.75) is 13.5 Å². The van der Waals surface area contributed by atoms with Crippen LogP contribution in [0.25, 0.3) is 11.0 Å². The topological polar surface area (TPSA) is 68.2 Å². The molecule has 1 aromatic heterocycles. The van der Waals surface area contributed by atoms with Crippen molar-refractivity contribution in [1.82, 2.24) is 9.55 Å². The average molecular weight is 400 g/mol.